The number of carboxylic acid groups (broad SMARTS) is 1. The Balaban J connectivity index is 2.81. The fourth-order valence-electron chi connectivity index (χ4n) is 1.84. The van der Waals surface area contributed by atoms with Crippen molar-refractivity contribution in [3.05, 3.63) is 21.4 Å². The van der Waals surface area contributed by atoms with Gasteiger partial charge >= 0.3 is 12.0 Å². The molecule has 0 aliphatic carbocycles. The number of carbonyl (C=O) groups excluding carboxylic acids is 1. The molecule has 0 aromatic carbocycles. The van der Waals surface area contributed by atoms with E-state index in [2.05, 4.69) is 5.32 Å². The molecule has 1 rings (SSSR count). The second-order valence-corrected chi connectivity index (χ2v) is 6.92. The van der Waals surface area contributed by atoms with E-state index in [0.29, 0.717) is 0 Å². The lowest BCUT2D eigenvalue weighted by atomic mass is 10.0. The third-order valence-electron chi connectivity index (χ3n) is 3.55. The highest BCUT2D eigenvalue weighted by atomic mass is 32.1. The zero-order valence-electron chi connectivity index (χ0n) is 12.8. The van der Waals surface area contributed by atoms with Crippen molar-refractivity contribution in [3.63, 3.8) is 0 Å². The molecular formula is C14H22N2O3S. The second-order valence-electron chi connectivity index (χ2n) is 5.46. The molecule has 6 heteroatoms. The van der Waals surface area contributed by atoms with Gasteiger partial charge in [-0.05, 0) is 46.2 Å². The Morgan fingerprint density at radius 1 is 1.40 bits per heavy atom. The average molecular weight is 298 g/mol. The number of nitrogens with zero attached hydrogens (tertiary/aromatic N) is 1. The van der Waals surface area contributed by atoms with Gasteiger partial charge in [-0.25, -0.2) is 9.59 Å². The van der Waals surface area contributed by atoms with E-state index in [0.717, 1.165) is 10.4 Å². The number of thiophene rings is 1. The smallest absolute Gasteiger partial charge is 0.329 e. The number of hydrogen-bond acceptors (Lipinski definition) is 3. The van der Waals surface area contributed by atoms with Gasteiger partial charge in [0.2, 0.25) is 0 Å². The van der Waals surface area contributed by atoms with E-state index in [-0.39, 0.29) is 6.04 Å². The summed E-state index contributed by atoms with van der Waals surface area (Å²) < 4.78 is 0. The molecule has 0 saturated carbocycles. The summed E-state index contributed by atoms with van der Waals surface area (Å²) >= 11 is 1.68. The van der Waals surface area contributed by atoms with Crippen molar-refractivity contribution in [1.82, 2.24) is 10.2 Å². The zero-order valence-corrected chi connectivity index (χ0v) is 13.6. The summed E-state index contributed by atoms with van der Waals surface area (Å²) in [4.78, 5) is 26.9. The van der Waals surface area contributed by atoms with Crippen molar-refractivity contribution in [2.75, 3.05) is 7.05 Å². The summed E-state index contributed by atoms with van der Waals surface area (Å²) in [5, 5.41) is 12.0. The van der Waals surface area contributed by atoms with Crippen molar-refractivity contribution in [3.8, 4) is 0 Å². The van der Waals surface area contributed by atoms with Crippen LogP contribution in [0.15, 0.2) is 6.07 Å². The molecule has 1 heterocycles. The standard InChI is InChI=1S/C14H22N2O3S/c1-8-7-11(10(3)20-8)9(2)15-13(19)16(6)14(4,5)12(17)18/h7,9H,1-6H3,(H,15,19)(H,17,18). The van der Waals surface area contributed by atoms with Crippen LogP contribution in [0, 0.1) is 13.8 Å². The van der Waals surface area contributed by atoms with Crippen molar-refractivity contribution < 1.29 is 14.7 Å². The monoisotopic (exact) mass is 298 g/mol. The Morgan fingerprint density at radius 2 is 1.95 bits per heavy atom. The first-order chi connectivity index (χ1) is 9.07. The fourth-order valence-corrected chi connectivity index (χ4v) is 2.86. The summed E-state index contributed by atoms with van der Waals surface area (Å²) in [6.07, 6.45) is 0. The molecule has 1 unspecified atom stereocenters. The third-order valence-corrected chi connectivity index (χ3v) is 4.53. The minimum absolute atomic E-state index is 0.153. The van der Waals surface area contributed by atoms with Crippen LogP contribution < -0.4 is 5.32 Å². The number of rotatable bonds is 4. The fraction of sp³-hybridized carbons (Fsp3) is 0.571. The largest absolute Gasteiger partial charge is 0.480 e. The molecule has 0 bridgehead atoms. The van der Waals surface area contributed by atoms with E-state index in [1.54, 1.807) is 11.3 Å². The SMILES string of the molecule is Cc1cc(C(C)NC(=O)N(C)C(C)(C)C(=O)O)c(C)s1. The van der Waals surface area contributed by atoms with Crippen LogP contribution in [0.2, 0.25) is 0 Å². The van der Waals surface area contributed by atoms with Gasteiger partial charge in [-0.2, -0.15) is 0 Å². The first-order valence-corrected chi connectivity index (χ1v) is 7.23. The van der Waals surface area contributed by atoms with Gasteiger partial charge < -0.3 is 15.3 Å². The van der Waals surface area contributed by atoms with Crippen molar-refractivity contribution in [2.45, 2.75) is 46.2 Å². The predicted molar refractivity (Wildman–Crippen MR) is 80.2 cm³/mol. The predicted octanol–water partition coefficient (Wildman–Crippen LogP) is 2.93. The molecule has 0 aliphatic rings. The third kappa shape index (κ3) is 3.30. The molecule has 112 valence electrons. The van der Waals surface area contributed by atoms with Crippen LogP contribution in [0.5, 0.6) is 0 Å². The summed E-state index contributed by atoms with van der Waals surface area (Å²) in [6.45, 7) is 8.93. The summed E-state index contributed by atoms with van der Waals surface area (Å²) in [5.74, 6) is -1.04. The van der Waals surface area contributed by atoms with Gasteiger partial charge in [0.25, 0.3) is 0 Å². The number of carboxylic acids is 1. The van der Waals surface area contributed by atoms with E-state index in [1.807, 2.05) is 26.8 Å². The molecule has 0 spiro atoms. The molecule has 2 N–H and O–H groups in total. The Bertz CT molecular complexity index is 522. The van der Waals surface area contributed by atoms with Gasteiger partial charge in [0, 0.05) is 16.8 Å². The topological polar surface area (TPSA) is 69.6 Å². The van der Waals surface area contributed by atoms with Crippen LogP contribution >= 0.6 is 11.3 Å². The van der Waals surface area contributed by atoms with E-state index in [4.69, 9.17) is 5.11 Å². The van der Waals surface area contributed by atoms with Gasteiger partial charge in [-0.1, -0.05) is 0 Å². The Kier molecular flexibility index (Phi) is 4.81. The number of aryl methyl sites for hydroxylation is 2. The molecule has 0 aliphatic heterocycles. The molecule has 0 fully saturated rings. The van der Waals surface area contributed by atoms with E-state index in [1.165, 1.54) is 30.7 Å². The highest BCUT2D eigenvalue weighted by Gasteiger charge is 2.35. The van der Waals surface area contributed by atoms with Gasteiger partial charge in [0.05, 0.1) is 6.04 Å². The van der Waals surface area contributed by atoms with Crippen LogP contribution in [0.3, 0.4) is 0 Å². The number of nitrogens with one attached hydrogen (secondary N) is 1. The van der Waals surface area contributed by atoms with Crippen molar-refractivity contribution >= 4 is 23.3 Å². The molecular weight excluding hydrogens is 276 g/mol. The summed E-state index contributed by atoms with van der Waals surface area (Å²) in [5.41, 5.74) is -0.175. The van der Waals surface area contributed by atoms with Gasteiger partial charge in [-0.15, -0.1) is 11.3 Å². The zero-order chi connectivity index (χ0) is 15.7. The molecule has 0 radical (unpaired) electrons. The summed E-state index contributed by atoms with van der Waals surface area (Å²) in [6, 6.07) is 1.50. The molecule has 1 aromatic heterocycles. The quantitative estimate of drug-likeness (QED) is 0.898. The minimum Gasteiger partial charge on any atom is -0.480 e. The number of likely N-dealkylation sites (N-methyl/N-ethyl adjacent to an activating group) is 1. The van der Waals surface area contributed by atoms with E-state index >= 15 is 0 Å². The minimum atomic E-state index is -1.25. The Morgan fingerprint density at radius 3 is 2.35 bits per heavy atom. The van der Waals surface area contributed by atoms with Crippen LogP contribution in [-0.4, -0.2) is 34.6 Å². The second kappa shape index (κ2) is 5.83. The first-order valence-electron chi connectivity index (χ1n) is 6.42. The highest BCUT2D eigenvalue weighted by Crippen LogP contribution is 2.26. The van der Waals surface area contributed by atoms with E-state index in [9.17, 15) is 9.59 Å². The number of aliphatic carboxylic acids is 1. The lowest BCUT2D eigenvalue weighted by molar-refractivity contribution is -0.146. The number of urea groups is 1. The molecule has 20 heavy (non-hydrogen) atoms. The van der Waals surface area contributed by atoms with Crippen molar-refractivity contribution in [1.29, 1.82) is 0 Å². The Labute approximate surface area is 123 Å². The molecule has 1 aromatic rings. The maximum Gasteiger partial charge on any atom is 0.329 e. The first kappa shape index (κ1) is 16.5. The van der Waals surface area contributed by atoms with Gasteiger partial charge in [0.1, 0.15) is 5.54 Å². The summed E-state index contributed by atoms with van der Waals surface area (Å²) in [7, 11) is 1.49. The average Bonchev–Trinajstić information content (AvgIpc) is 2.67. The van der Waals surface area contributed by atoms with Gasteiger partial charge in [-0.3, -0.25) is 0 Å². The Hall–Kier alpha value is -1.56. The van der Waals surface area contributed by atoms with Crippen LogP contribution in [-0.2, 0) is 4.79 Å². The lowest BCUT2D eigenvalue weighted by Gasteiger charge is -2.32. The lowest BCUT2D eigenvalue weighted by Crippen LogP contribution is -2.54. The molecule has 5 nitrogen and oxygen atoms in total. The number of amides is 2. The van der Waals surface area contributed by atoms with Crippen LogP contribution in [0.1, 0.15) is 42.1 Å². The normalized spacial score (nSPS) is 12.9. The van der Waals surface area contributed by atoms with Crippen molar-refractivity contribution in [2.24, 2.45) is 0 Å². The van der Waals surface area contributed by atoms with Crippen LogP contribution in [0.25, 0.3) is 0 Å². The number of hydrogen-bond donors (Lipinski definition) is 2. The van der Waals surface area contributed by atoms with E-state index < -0.39 is 17.5 Å². The maximum absolute atomic E-state index is 12.2. The number of carbonyl (C=O) groups is 2. The molecule has 0 saturated heterocycles. The maximum atomic E-state index is 12.2. The van der Waals surface area contributed by atoms with Crippen LogP contribution in [0.4, 0.5) is 4.79 Å². The van der Waals surface area contributed by atoms with Gasteiger partial charge in [0.15, 0.2) is 0 Å². The molecule has 2 amide bonds. The highest BCUT2D eigenvalue weighted by molar-refractivity contribution is 7.12. The molecule has 1 atom stereocenters.